The molecule has 2 aromatic rings. The number of hydrogen-bond acceptors (Lipinski definition) is 3. The minimum absolute atomic E-state index is 0.0875. The molecule has 0 radical (unpaired) electrons. The van der Waals surface area contributed by atoms with Crippen molar-refractivity contribution in [3.05, 3.63) is 56.1 Å². The van der Waals surface area contributed by atoms with Gasteiger partial charge in [-0.3, -0.25) is 14.3 Å². The number of nitrogens with zero attached hydrogens (tertiary/aromatic N) is 1. The average Bonchev–Trinajstić information content (AvgIpc) is 2.41. The first-order chi connectivity index (χ1) is 10.2. The number of benzene rings is 1. The first-order valence-electron chi connectivity index (χ1n) is 6.86. The molecule has 118 valence electrons. The van der Waals surface area contributed by atoms with Crippen LogP contribution in [0.25, 0.3) is 5.69 Å². The predicted molar refractivity (Wildman–Crippen MR) is 82.6 cm³/mol. The summed E-state index contributed by atoms with van der Waals surface area (Å²) >= 11 is 0. The molecule has 0 aliphatic heterocycles. The van der Waals surface area contributed by atoms with Gasteiger partial charge in [-0.15, -0.1) is 0 Å². The molecule has 0 saturated carbocycles. The summed E-state index contributed by atoms with van der Waals surface area (Å²) in [6.07, 6.45) is 1.26. The second kappa shape index (κ2) is 5.44. The van der Waals surface area contributed by atoms with Gasteiger partial charge in [0, 0.05) is 23.4 Å². The number of nitrogens with one attached hydrogen (secondary N) is 1. The van der Waals surface area contributed by atoms with Crippen LogP contribution in [0.15, 0.2) is 27.9 Å². The van der Waals surface area contributed by atoms with Gasteiger partial charge in [-0.2, -0.15) is 0 Å². The summed E-state index contributed by atoms with van der Waals surface area (Å²) < 4.78 is 21.1. The maximum Gasteiger partial charge on any atom is 0.333 e. The highest BCUT2D eigenvalue weighted by atomic mass is 19.1. The van der Waals surface area contributed by atoms with Crippen LogP contribution in [-0.4, -0.2) is 16.7 Å². The molecule has 2 rings (SSSR count). The SMILES string of the molecule is COc1c(C(C)(C)C)cc(-n2ccc(=O)[nH]c2=O)c(F)c1C. The van der Waals surface area contributed by atoms with E-state index in [0.29, 0.717) is 11.3 Å². The molecule has 5 nitrogen and oxygen atoms in total. The molecule has 0 aliphatic rings. The number of hydrogen-bond donors (Lipinski definition) is 1. The van der Waals surface area contributed by atoms with Crippen molar-refractivity contribution in [1.29, 1.82) is 0 Å². The fraction of sp³-hybridized carbons (Fsp3) is 0.375. The minimum atomic E-state index is -0.684. The fourth-order valence-electron chi connectivity index (χ4n) is 2.36. The Labute approximate surface area is 127 Å². The highest BCUT2D eigenvalue weighted by Crippen LogP contribution is 2.37. The van der Waals surface area contributed by atoms with E-state index in [1.54, 1.807) is 13.0 Å². The van der Waals surface area contributed by atoms with Crippen molar-refractivity contribution in [2.75, 3.05) is 7.11 Å². The third-order valence-corrected chi connectivity index (χ3v) is 3.52. The highest BCUT2D eigenvalue weighted by Gasteiger charge is 2.25. The Morgan fingerprint density at radius 3 is 2.41 bits per heavy atom. The quantitative estimate of drug-likeness (QED) is 0.926. The zero-order chi connectivity index (χ0) is 16.7. The van der Waals surface area contributed by atoms with Crippen LogP contribution in [0.2, 0.25) is 0 Å². The lowest BCUT2D eigenvalue weighted by atomic mass is 9.84. The standard InChI is InChI=1S/C16H19FN2O3/c1-9-13(17)11(19-7-6-12(20)18-15(19)21)8-10(14(9)22-5)16(2,3)4/h6-8H,1-5H3,(H,18,20,21). The summed E-state index contributed by atoms with van der Waals surface area (Å²) in [6.45, 7) is 7.52. The monoisotopic (exact) mass is 306 g/mol. The molecule has 0 unspecified atom stereocenters. The van der Waals surface area contributed by atoms with E-state index in [1.807, 2.05) is 20.8 Å². The van der Waals surface area contributed by atoms with E-state index in [-0.39, 0.29) is 11.1 Å². The zero-order valence-electron chi connectivity index (χ0n) is 13.3. The van der Waals surface area contributed by atoms with E-state index in [2.05, 4.69) is 4.98 Å². The molecule has 0 fully saturated rings. The summed E-state index contributed by atoms with van der Waals surface area (Å²) in [6, 6.07) is 2.76. The minimum Gasteiger partial charge on any atom is -0.496 e. The number of aromatic nitrogens is 2. The molecular formula is C16H19FN2O3. The zero-order valence-corrected chi connectivity index (χ0v) is 13.3. The Hall–Kier alpha value is -2.37. The average molecular weight is 306 g/mol. The second-order valence-electron chi connectivity index (χ2n) is 6.15. The first kappa shape index (κ1) is 16.0. The molecule has 0 aliphatic carbocycles. The highest BCUT2D eigenvalue weighted by molar-refractivity contribution is 5.53. The number of ether oxygens (including phenoxy) is 1. The Bertz CT molecular complexity index is 829. The third kappa shape index (κ3) is 2.68. The number of aromatic amines is 1. The summed E-state index contributed by atoms with van der Waals surface area (Å²) in [7, 11) is 1.49. The van der Waals surface area contributed by atoms with Crippen LogP contribution in [-0.2, 0) is 5.41 Å². The van der Waals surface area contributed by atoms with Crippen molar-refractivity contribution in [1.82, 2.24) is 9.55 Å². The normalized spacial score (nSPS) is 11.5. The second-order valence-corrected chi connectivity index (χ2v) is 6.15. The van der Waals surface area contributed by atoms with Crippen LogP contribution < -0.4 is 16.0 Å². The van der Waals surface area contributed by atoms with E-state index in [9.17, 15) is 14.0 Å². The van der Waals surface area contributed by atoms with Crippen LogP contribution in [0.1, 0.15) is 31.9 Å². The van der Waals surface area contributed by atoms with Gasteiger partial charge in [-0.25, -0.2) is 9.18 Å². The Morgan fingerprint density at radius 1 is 1.27 bits per heavy atom. The fourth-order valence-corrected chi connectivity index (χ4v) is 2.36. The Balaban J connectivity index is 2.86. The molecule has 1 aromatic heterocycles. The lowest BCUT2D eigenvalue weighted by molar-refractivity contribution is 0.389. The van der Waals surface area contributed by atoms with Crippen molar-refractivity contribution in [3.63, 3.8) is 0 Å². The van der Waals surface area contributed by atoms with Crippen LogP contribution in [0.3, 0.4) is 0 Å². The smallest absolute Gasteiger partial charge is 0.333 e. The predicted octanol–water partition coefficient (Wildman–Crippen LogP) is 2.28. The molecule has 1 heterocycles. The number of H-pyrrole nitrogens is 1. The van der Waals surface area contributed by atoms with E-state index < -0.39 is 17.1 Å². The number of methoxy groups -OCH3 is 1. The van der Waals surface area contributed by atoms with E-state index in [0.717, 1.165) is 10.1 Å². The largest absolute Gasteiger partial charge is 0.496 e. The Kier molecular flexibility index (Phi) is 3.96. The van der Waals surface area contributed by atoms with E-state index >= 15 is 0 Å². The topological polar surface area (TPSA) is 64.1 Å². The lowest BCUT2D eigenvalue weighted by Gasteiger charge is -2.25. The first-order valence-corrected chi connectivity index (χ1v) is 6.86. The Morgan fingerprint density at radius 2 is 1.91 bits per heavy atom. The van der Waals surface area contributed by atoms with Gasteiger partial charge in [-0.1, -0.05) is 20.8 Å². The number of halogens is 1. The van der Waals surface area contributed by atoms with Gasteiger partial charge in [0.1, 0.15) is 5.75 Å². The van der Waals surface area contributed by atoms with Crippen molar-refractivity contribution in [3.8, 4) is 11.4 Å². The van der Waals surface area contributed by atoms with Crippen LogP contribution in [0.4, 0.5) is 4.39 Å². The van der Waals surface area contributed by atoms with E-state index in [1.165, 1.54) is 19.4 Å². The number of rotatable bonds is 2. The summed E-state index contributed by atoms with van der Waals surface area (Å²) in [5, 5.41) is 0. The van der Waals surface area contributed by atoms with Gasteiger partial charge in [-0.05, 0) is 18.4 Å². The molecule has 0 bridgehead atoms. The molecule has 6 heteroatoms. The molecule has 0 atom stereocenters. The van der Waals surface area contributed by atoms with Gasteiger partial charge in [0.2, 0.25) is 0 Å². The lowest BCUT2D eigenvalue weighted by Crippen LogP contribution is -2.28. The molecule has 22 heavy (non-hydrogen) atoms. The molecule has 0 spiro atoms. The van der Waals surface area contributed by atoms with Crippen LogP contribution >= 0.6 is 0 Å². The maximum atomic E-state index is 14.7. The van der Waals surface area contributed by atoms with Crippen molar-refractivity contribution >= 4 is 0 Å². The maximum absolute atomic E-state index is 14.7. The van der Waals surface area contributed by atoms with Gasteiger partial charge >= 0.3 is 5.69 Å². The summed E-state index contributed by atoms with van der Waals surface area (Å²) in [5.74, 6) is -0.0924. The molecule has 0 amide bonds. The van der Waals surface area contributed by atoms with Crippen LogP contribution in [0, 0.1) is 12.7 Å². The van der Waals surface area contributed by atoms with Crippen molar-refractivity contribution in [2.24, 2.45) is 0 Å². The van der Waals surface area contributed by atoms with Gasteiger partial charge < -0.3 is 4.74 Å². The van der Waals surface area contributed by atoms with E-state index in [4.69, 9.17) is 4.74 Å². The third-order valence-electron chi connectivity index (χ3n) is 3.52. The van der Waals surface area contributed by atoms with Crippen molar-refractivity contribution in [2.45, 2.75) is 33.1 Å². The molecule has 0 saturated heterocycles. The van der Waals surface area contributed by atoms with Gasteiger partial charge in [0.25, 0.3) is 5.56 Å². The summed E-state index contributed by atoms with van der Waals surface area (Å²) in [4.78, 5) is 25.2. The van der Waals surface area contributed by atoms with Crippen molar-refractivity contribution < 1.29 is 9.13 Å². The summed E-state index contributed by atoms with van der Waals surface area (Å²) in [5.41, 5.74) is -0.321. The molecular weight excluding hydrogens is 287 g/mol. The van der Waals surface area contributed by atoms with Gasteiger partial charge in [0.05, 0.1) is 12.8 Å². The molecule has 1 N–H and O–H groups in total. The van der Waals surface area contributed by atoms with Crippen LogP contribution in [0.5, 0.6) is 5.75 Å². The molecule has 1 aromatic carbocycles. The van der Waals surface area contributed by atoms with Gasteiger partial charge in [0.15, 0.2) is 5.82 Å².